The Kier molecular flexibility index (Phi) is 3.10. The minimum absolute atomic E-state index is 1.02. The van der Waals surface area contributed by atoms with Crippen molar-refractivity contribution in [3.8, 4) is 16.8 Å². The lowest BCUT2D eigenvalue weighted by Gasteiger charge is -2.13. The van der Waals surface area contributed by atoms with Crippen LogP contribution >= 0.6 is 0 Å². The summed E-state index contributed by atoms with van der Waals surface area (Å²) in [5.74, 6) is 0. The fourth-order valence-electron chi connectivity index (χ4n) is 3.74. The summed E-state index contributed by atoms with van der Waals surface area (Å²) >= 11 is 0. The fraction of sp³-hybridized carbons (Fsp3) is 0.0870. The molecule has 120 valence electrons. The van der Waals surface area contributed by atoms with Gasteiger partial charge in [-0.2, -0.15) is 5.10 Å². The highest BCUT2D eigenvalue weighted by atomic mass is 15.3. The number of benzene rings is 3. The van der Waals surface area contributed by atoms with Crippen LogP contribution in [0.5, 0.6) is 0 Å². The van der Waals surface area contributed by atoms with Gasteiger partial charge < -0.3 is 0 Å². The van der Waals surface area contributed by atoms with E-state index < -0.39 is 0 Å². The lowest BCUT2D eigenvalue weighted by molar-refractivity contribution is 0.907. The number of allylic oxidation sites excluding steroid dienone is 1. The number of nitrogens with zero attached hydrogens (tertiary/aromatic N) is 2. The van der Waals surface area contributed by atoms with E-state index in [-0.39, 0.29) is 0 Å². The molecule has 1 aliphatic carbocycles. The van der Waals surface area contributed by atoms with Gasteiger partial charge in [0.2, 0.25) is 0 Å². The van der Waals surface area contributed by atoms with Gasteiger partial charge in [-0.15, -0.1) is 0 Å². The summed E-state index contributed by atoms with van der Waals surface area (Å²) in [7, 11) is 0. The summed E-state index contributed by atoms with van der Waals surface area (Å²) in [6.07, 6.45) is 5.26. The van der Waals surface area contributed by atoms with Crippen LogP contribution in [-0.2, 0) is 6.42 Å². The summed E-state index contributed by atoms with van der Waals surface area (Å²) in [6.45, 7) is 2.20. The van der Waals surface area contributed by atoms with E-state index in [1.807, 2.05) is 6.20 Å². The van der Waals surface area contributed by atoms with E-state index in [4.69, 9.17) is 5.10 Å². The van der Waals surface area contributed by atoms with Crippen molar-refractivity contribution in [3.05, 3.63) is 89.6 Å². The van der Waals surface area contributed by atoms with Crippen LogP contribution in [0.4, 0.5) is 0 Å². The third-order valence-electron chi connectivity index (χ3n) is 4.92. The first-order chi connectivity index (χ1) is 12.3. The summed E-state index contributed by atoms with van der Waals surface area (Å²) in [5.41, 5.74) is 8.88. The maximum Gasteiger partial charge on any atom is 0.0741 e. The molecular formula is C23H18N2. The molecule has 0 unspecified atom stereocenters. The third kappa shape index (κ3) is 2.30. The maximum atomic E-state index is 4.69. The van der Waals surface area contributed by atoms with Crippen molar-refractivity contribution in [3.63, 3.8) is 0 Å². The Labute approximate surface area is 147 Å². The average Bonchev–Trinajstić information content (AvgIpc) is 3.24. The summed E-state index contributed by atoms with van der Waals surface area (Å²) in [4.78, 5) is 0. The van der Waals surface area contributed by atoms with Gasteiger partial charge in [0.15, 0.2) is 0 Å². The molecule has 0 atom stereocenters. The highest BCUT2D eigenvalue weighted by Crippen LogP contribution is 2.35. The molecule has 5 rings (SSSR count). The first kappa shape index (κ1) is 14.2. The van der Waals surface area contributed by atoms with E-state index in [2.05, 4.69) is 84.4 Å². The molecule has 0 fully saturated rings. The first-order valence-corrected chi connectivity index (χ1v) is 8.62. The second-order valence-electron chi connectivity index (χ2n) is 6.72. The smallest absolute Gasteiger partial charge is 0.0741 e. The van der Waals surface area contributed by atoms with Crippen molar-refractivity contribution >= 4 is 17.0 Å². The van der Waals surface area contributed by atoms with Gasteiger partial charge in [0, 0.05) is 10.9 Å². The molecule has 1 aliphatic rings. The van der Waals surface area contributed by atoms with E-state index >= 15 is 0 Å². The van der Waals surface area contributed by atoms with Gasteiger partial charge in [-0.05, 0) is 42.2 Å². The Morgan fingerprint density at radius 1 is 0.880 bits per heavy atom. The highest BCUT2D eigenvalue weighted by Gasteiger charge is 2.18. The Hall–Kier alpha value is -3.13. The number of para-hydroxylation sites is 1. The second kappa shape index (κ2) is 5.45. The molecule has 3 aromatic carbocycles. The number of hydrogen-bond acceptors (Lipinski definition) is 1. The molecule has 2 heteroatoms. The van der Waals surface area contributed by atoms with E-state index in [0.29, 0.717) is 0 Å². The van der Waals surface area contributed by atoms with Gasteiger partial charge in [0.05, 0.1) is 17.4 Å². The summed E-state index contributed by atoms with van der Waals surface area (Å²) in [6, 6.07) is 23.6. The summed E-state index contributed by atoms with van der Waals surface area (Å²) < 4.78 is 2.08. The molecule has 2 nitrogen and oxygen atoms in total. The van der Waals surface area contributed by atoms with Crippen LogP contribution in [0.1, 0.15) is 18.1 Å². The lowest BCUT2D eigenvalue weighted by Crippen LogP contribution is -2.01. The summed E-state index contributed by atoms with van der Waals surface area (Å²) in [5, 5.41) is 5.86. The first-order valence-electron chi connectivity index (χ1n) is 8.62. The van der Waals surface area contributed by atoms with E-state index in [1.165, 1.54) is 33.2 Å². The van der Waals surface area contributed by atoms with Gasteiger partial charge in [-0.25, -0.2) is 4.68 Å². The third-order valence-corrected chi connectivity index (χ3v) is 4.92. The zero-order valence-electron chi connectivity index (χ0n) is 14.1. The average molecular weight is 322 g/mol. The molecule has 1 aromatic heterocycles. The Morgan fingerprint density at radius 3 is 2.56 bits per heavy atom. The standard InChI is InChI=1S/C23H18N2/c1-16-11-20-13-19(17-7-3-2-4-8-17)14-23(21(20)12-16)25-22-10-6-5-9-18(22)15-24-25/h2-10,12-15H,11H2,1H3. The minimum Gasteiger partial charge on any atom is -0.232 e. The molecular weight excluding hydrogens is 304 g/mol. The van der Waals surface area contributed by atoms with Crippen LogP contribution in [0.3, 0.4) is 0 Å². The predicted molar refractivity (Wildman–Crippen MR) is 104 cm³/mol. The molecule has 25 heavy (non-hydrogen) atoms. The molecule has 0 spiro atoms. The maximum absolute atomic E-state index is 4.69. The van der Waals surface area contributed by atoms with E-state index in [0.717, 1.165) is 17.6 Å². The van der Waals surface area contributed by atoms with Crippen LogP contribution in [-0.4, -0.2) is 9.78 Å². The molecule has 0 bridgehead atoms. The molecule has 0 aliphatic heterocycles. The van der Waals surface area contributed by atoms with Gasteiger partial charge in [-0.3, -0.25) is 0 Å². The van der Waals surface area contributed by atoms with Gasteiger partial charge in [-0.1, -0.05) is 66.2 Å². The SMILES string of the molecule is CC1=Cc2c(cc(-c3ccccc3)cc2-n2ncc3ccccc32)C1. The number of aromatic nitrogens is 2. The molecule has 4 aromatic rings. The van der Waals surface area contributed by atoms with Crippen molar-refractivity contribution in [2.45, 2.75) is 13.3 Å². The van der Waals surface area contributed by atoms with Crippen molar-refractivity contribution in [1.82, 2.24) is 9.78 Å². The van der Waals surface area contributed by atoms with Crippen LogP contribution < -0.4 is 0 Å². The normalized spacial score (nSPS) is 13.1. The zero-order chi connectivity index (χ0) is 16.8. The van der Waals surface area contributed by atoms with Crippen LogP contribution in [0, 0.1) is 0 Å². The number of rotatable bonds is 2. The minimum atomic E-state index is 1.02. The van der Waals surface area contributed by atoms with Gasteiger partial charge >= 0.3 is 0 Å². The van der Waals surface area contributed by atoms with Crippen molar-refractivity contribution in [2.24, 2.45) is 0 Å². The Morgan fingerprint density at radius 2 is 1.68 bits per heavy atom. The molecule has 0 amide bonds. The van der Waals surface area contributed by atoms with Crippen LogP contribution in [0.2, 0.25) is 0 Å². The molecule has 0 saturated heterocycles. The quantitative estimate of drug-likeness (QED) is 0.466. The zero-order valence-corrected chi connectivity index (χ0v) is 14.1. The fourth-order valence-corrected chi connectivity index (χ4v) is 3.74. The molecule has 0 radical (unpaired) electrons. The Bertz CT molecular complexity index is 1120. The van der Waals surface area contributed by atoms with Gasteiger partial charge in [0.25, 0.3) is 0 Å². The monoisotopic (exact) mass is 322 g/mol. The largest absolute Gasteiger partial charge is 0.232 e. The van der Waals surface area contributed by atoms with Crippen LogP contribution in [0.15, 0.2) is 78.5 Å². The lowest BCUT2D eigenvalue weighted by atomic mass is 9.98. The van der Waals surface area contributed by atoms with Crippen LogP contribution in [0.25, 0.3) is 33.8 Å². The molecule has 0 saturated carbocycles. The molecule has 0 N–H and O–H groups in total. The van der Waals surface area contributed by atoms with E-state index in [9.17, 15) is 0 Å². The predicted octanol–water partition coefficient (Wildman–Crippen LogP) is 5.65. The second-order valence-corrected chi connectivity index (χ2v) is 6.72. The van der Waals surface area contributed by atoms with E-state index in [1.54, 1.807) is 0 Å². The van der Waals surface area contributed by atoms with Gasteiger partial charge in [0.1, 0.15) is 0 Å². The molecule has 1 heterocycles. The number of hydrogen-bond donors (Lipinski definition) is 0. The topological polar surface area (TPSA) is 17.8 Å². The number of fused-ring (bicyclic) bond motifs is 2. The highest BCUT2D eigenvalue weighted by molar-refractivity contribution is 5.84. The Balaban J connectivity index is 1.79. The van der Waals surface area contributed by atoms with Crippen molar-refractivity contribution in [2.75, 3.05) is 0 Å². The van der Waals surface area contributed by atoms with Crippen molar-refractivity contribution in [1.29, 1.82) is 0 Å². The van der Waals surface area contributed by atoms with Crippen molar-refractivity contribution < 1.29 is 0 Å².